The molecule has 112 valence electrons. The third-order valence-electron chi connectivity index (χ3n) is 3.53. The standard InChI is InChI=1S/C17H20ClFN2/c1-3-12-6-5-9-21-17(12)16(20-4-2)10-13-7-8-14(19)11-15(13)18/h5-9,11,16,20H,3-4,10H2,1-2H3. The highest BCUT2D eigenvalue weighted by Crippen LogP contribution is 2.25. The maximum absolute atomic E-state index is 13.2. The molecule has 1 unspecified atom stereocenters. The van der Waals surface area contributed by atoms with Crippen molar-refractivity contribution in [2.75, 3.05) is 6.54 Å². The van der Waals surface area contributed by atoms with Crippen LogP contribution in [0.25, 0.3) is 0 Å². The van der Waals surface area contributed by atoms with Crippen molar-refractivity contribution >= 4 is 11.6 Å². The number of benzene rings is 1. The van der Waals surface area contributed by atoms with Crippen LogP contribution in [0.1, 0.15) is 36.7 Å². The second-order valence-electron chi connectivity index (χ2n) is 4.95. The maximum atomic E-state index is 13.2. The Hall–Kier alpha value is -1.45. The van der Waals surface area contributed by atoms with E-state index in [4.69, 9.17) is 11.6 Å². The first-order valence-corrected chi connectivity index (χ1v) is 7.64. The Bertz CT molecular complexity index is 601. The molecular weight excluding hydrogens is 287 g/mol. The summed E-state index contributed by atoms with van der Waals surface area (Å²) in [6.45, 7) is 5.02. The Labute approximate surface area is 130 Å². The summed E-state index contributed by atoms with van der Waals surface area (Å²) in [5.74, 6) is -0.309. The quantitative estimate of drug-likeness (QED) is 0.859. The summed E-state index contributed by atoms with van der Waals surface area (Å²) in [7, 11) is 0. The number of halogens is 2. The molecule has 1 atom stereocenters. The van der Waals surface area contributed by atoms with E-state index in [1.54, 1.807) is 6.07 Å². The SMILES string of the molecule is CCNC(Cc1ccc(F)cc1Cl)c1ncccc1CC. The van der Waals surface area contributed by atoms with Crippen molar-refractivity contribution in [3.8, 4) is 0 Å². The molecule has 2 aromatic rings. The molecule has 1 aromatic carbocycles. The lowest BCUT2D eigenvalue weighted by atomic mass is 9.98. The molecule has 0 aliphatic rings. The minimum absolute atomic E-state index is 0.0779. The van der Waals surface area contributed by atoms with Crippen molar-refractivity contribution in [1.82, 2.24) is 10.3 Å². The van der Waals surface area contributed by atoms with Gasteiger partial charge < -0.3 is 5.32 Å². The van der Waals surface area contributed by atoms with Gasteiger partial charge in [0.15, 0.2) is 0 Å². The molecule has 2 rings (SSSR count). The fourth-order valence-electron chi connectivity index (χ4n) is 2.48. The zero-order valence-electron chi connectivity index (χ0n) is 12.4. The number of aromatic nitrogens is 1. The minimum atomic E-state index is -0.309. The third-order valence-corrected chi connectivity index (χ3v) is 3.88. The van der Waals surface area contributed by atoms with E-state index in [0.29, 0.717) is 11.4 Å². The Balaban J connectivity index is 2.30. The molecule has 0 aliphatic carbocycles. The summed E-state index contributed by atoms with van der Waals surface area (Å²) >= 11 is 6.15. The van der Waals surface area contributed by atoms with E-state index < -0.39 is 0 Å². The Kier molecular flexibility index (Phi) is 5.71. The molecule has 0 bridgehead atoms. The van der Waals surface area contributed by atoms with Gasteiger partial charge in [-0.15, -0.1) is 0 Å². The Morgan fingerprint density at radius 2 is 2.05 bits per heavy atom. The largest absolute Gasteiger partial charge is 0.309 e. The first-order valence-electron chi connectivity index (χ1n) is 7.26. The van der Waals surface area contributed by atoms with Gasteiger partial charge in [0.2, 0.25) is 0 Å². The van der Waals surface area contributed by atoms with Crippen LogP contribution >= 0.6 is 11.6 Å². The van der Waals surface area contributed by atoms with Gasteiger partial charge in [0.25, 0.3) is 0 Å². The first kappa shape index (κ1) is 15.9. The van der Waals surface area contributed by atoms with Crippen molar-refractivity contribution < 1.29 is 4.39 Å². The van der Waals surface area contributed by atoms with Crippen molar-refractivity contribution in [1.29, 1.82) is 0 Å². The van der Waals surface area contributed by atoms with Crippen LogP contribution in [0, 0.1) is 5.82 Å². The average molecular weight is 307 g/mol. The van der Waals surface area contributed by atoms with Gasteiger partial charge in [0.05, 0.1) is 11.7 Å². The van der Waals surface area contributed by atoms with Gasteiger partial charge in [0, 0.05) is 11.2 Å². The highest BCUT2D eigenvalue weighted by molar-refractivity contribution is 6.31. The van der Waals surface area contributed by atoms with E-state index in [1.165, 1.54) is 17.7 Å². The smallest absolute Gasteiger partial charge is 0.124 e. The minimum Gasteiger partial charge on any atom is -0.309 e. The third kappa shape index (κ3) is 4.02. The van der Waals surface area contributed by atoms with E-state index in [-0.39, 0.29) is 11.9 Å². The number of likely N-dealkylation sites (N-methyl/N-ethyl adjacent to an activating group) is 1. The summed E-state index contributed by atoms with van der Waals surface area (Å²) in [5.41, 5.74) is 3.20. The molecule has 0 radical (unpaired) electrons. The molecule has 2 nitrogen and oxygen atoms in total. The van der Waals surface area contributed by atoms with Crippen molar-refractivity contribution in [3.63, 3.8) is 0 Å². The van der Waals surface area contributed by atoms with Crippen molar-refractivity contribution in [2.45, 2.75) is 32.7 Å². The maximum Gasteiger partial charge on any atom is 0.124 e. The molecule has 0 saturated carbocycles. The lowest BCUT2D eigenvalue weighted by Gasteiger charge is -2.20. The summed E-state index contributed by atoms with van der Waals surface area (Å²) in [6, 6.07) is 8.68. The van der Waals surface area contributed by atoms with Crippen molar-refractivity contribution in [2.24, 2.45) is 0 Å². The van der Waals surface area contributed by atoms with Crippen LogP contribution in [0.5, 0.6) is 0 Å². The van der Waals surface area contributed by atoms with Crippen LogP contribution in [-0.2, 0) is 12.8 Å². The van der Waals surface area contributed by atoms with E-state index in [0.717, 1.165) is 24.2 Å². The summed E-state index contributed by atoms with van der Waals surface area (Å²) in [4.78, 5) is 4.53. The predicted octanol–water partition coefficient (Wildman–Crippen LogP) is 4.33. The van der Waals surface area contributed by atoms with Crippen LogP contribution in [0.15, 0.2) is 36.5 Å². The molecule has 0 spiro atoms. The van der Waals surface area contributed by atoms with E-state index in [2.05, 4.69) is 30.2 Å². The van der Waals surface area contributed by atoms with Gasteiger partial charge in [-0.05, 0) is 48.7 Å². The van der Waals surface area contributed by atoms with Gasteiger partial charge in [-0.25, -0.2) is 4.39 Å². The molecule has 0 aliphatic heterocycles. The predicted molar refractivity (Wildman–Crippen MR) is 85.1 cm³/mol. The van der Waals surface area contributed by atoms with E-state index in [9.17, 15) is 4.39 Å². The normalized spacial score (nSPS) is 12.4. The van der Waals surface area contributed by atoms with Crippen LogP contribution < -0.4 is 5.32 Å². The summed E-state index contributed by atoms with van der Waals surface area (Å²) < 4.78 is 13.2. The van der Waals surface area contributed by atoms with Gasteiger partial charge in [-0.2, -0.15) is 0 Å². The molecule has 0 fully saturated rings. The zero-order valence-corrected chi connectivity index (χ0v) is 13.1. The van der Waals surface area contributed by atoms with Crippen LogP contribution in [-0.4, -0.2) is 11.5 Å². The number of aryl methyl sites for hydroxylation is 1. The molecule has 21 heavy (non-hydrogen) atoms. The molecule has 1 aromatic heterocycles. The number of nitrogens with one attached hydrogen (secondary N) is 1. The highest BCUT2D eigenvalue weighted by atomic mass is 35.5. The fourth-order valence-corrected chi connectivity index (χ4v) is 2.73. The number of pyridine rings is 1. The summed E-state index contributed by atoms with van der Waals surface area (Å²) in [5, 5.41) is 3.91. The monoisotopic (exact) mass is 306 g/mol. The second kappa shape index (κ2) is 7.53. The van der Waals surface area contributed by atoms with Gasteiger partial charge in [0.1, 0.15) is 5.82 Å². The Morgan fingerprint density at radius 3 is 2.71 bits per heavy atom. The van der Waals surface area contributed by atoms with Gasteiger partial charge >= 0.3 is 0 Å². The molecule has 4 heteroatoms. The van der Waals surface area contributed by atoms with E-state index >= 15 is 0 Å². The summed E-state index contributed by atoms with van der Waals surface area (Å²) in [6.07, 6.45) is 3.43. The number of hydrogen-bond acceptors (Lipinski definition) is 2. The zero-order chi connectivity index (χ0) is 15.2. The molecule has 0 amide bonds. The fraction of sp³-hybridized carbons (Fsp3) is 0.353. The van der Waals surface area contributed by atoms with Crippen molar-refractivity contribution in [3.05, 3.63) is 64.2 Å². The van der Waals surface area contributed by atoms with Crippen LogP contribution in [0.2, 0.25) is 5.02 Å². The molecule has 1 N–H and O–H groups in total. The topological polar surface area (TPSA) is 24.9 Å². The second-order valence-corrected chi connectivity index (χ2v) is 5.36. The number of nitrogens with zero attached hydrogens (tertiary/aromatic N) is 1. The van der Waals surface area contributed by atoms with Crippen LogP contribution in [0.3, 0.4) is 0 Å². The first-order chi connectivity index (χ1) is 10.2. The highest BCUT2D eigenvalue weighted by Gasteiger charge is 2.17. The van der Waals surface area contributed by atoms with Gasteiger partial charge in [-0.3, -0.25) is 4.98 Å². The molecular formula is C17H20ClFN2. The lowest BCUT2D eigenvalue weighted by Crippen LogP contribution is -2.25. The number of rotatable bonds is 6. The molecule has 1 heterocycles. The average Bonchev–Trinajstić information content (AvgIpc) is 2.49. The Morgan fingerprint density at radius 1 is 1.24 bits per heavy atom. The lowest BCUT2D eigenvalue weighted by molar-refractivity contribution is 0.531. The van der Waals surface area contributed by atoms with Gasteiger partial charge in [-0.1, -0.05) is 37.6 Å². The molecule has 0 saturated heterocycles. The van der Waals surface area contributed by atoms with E-state index in [1.807, 2.05) is 12.3 Å². The number of hydrogen-bond donors (Lipinski definition) is 1. The van der Waals surface area contributed by atoms with Crippen LogP contribution in [0.4, 0.5) is 4.39 Å².